The van der Waals surface area contributed by atoms with Gasteiger partial charge in [0.15, 0.2) is 27.9 Å². The van der Waals surface area contributed by atoms with Crippen LogP contribution in [0.25, 0.3) is 0 Å². The van der Waals surface area contributed by atoms with Gasteiger partial charge in [0.1, 0.15) is 0 Å². The molecule has 1 aliphatic rings. The molecule has 1 aliphatic heterocycles. The van der Waals surface area contributed by atoms with E-state index in [9.17, 15) is 13.2 Å². The van der Waals surface area contributed by atoms with Crippen molar-refractivity contribution < 1.29 is 22.7 Å². The minimum Gasteiger partial charge on any atom is -0.493 e. The number of methoxy groups -OCH3 is 1. The molecule has 2 aromatic carbocycles. The van der Waals surface area contributed by atoms with E-state index in [2.05, 4.69) is 0 Å². The zero-order valence-electron chi connectivity index (χ0n) is 14.8. The summed E-state index contributed by atoms with van der Waals surface area (Å²) >= 11 is 5.82. The van der Waals surface area contributed by atoms with E-state index in [-0.39, 0.29) is 24.0 Å². The third kappa shape index (κ3) is 4.36. The summed E-state index contributed by atoms with van der Waals surface area (Å²) in [6.07, 6.45) is 0.394. The summed E-state index contributed by atoms with van der Waals surface area (Å²) in [5.74, 6) is 0.752. The lowest BCUT2D eigenvalue weighted by Gasteiger charge is -2.18. The van der Waals surface area contributed by atoms with E-state index in [0.717, 1.165) is 0 Å². The van der Waals surface area contributed by atoms with Gasteiger partial charge in [0.25, 0.3) is 5.91 Å². The van der Waals surface area contributed by atoms with Crippen LogP contribution in [0.4, 0.5) is 0 Å². The molecular formula is C19H20ClNO5S. The molecule has 8 heteroatoms. The summed E-state index contributed by atoms with van der Waals surface area (Å²) in [6, 6.07) is 13.1. The van der Waals surface area contributed by atoms with Gasteiger partial charge in [-0.2, -0.15) is 0 Å². The van der Waals surface area contributed by atoms with Crippen LogP contribution in [0, 0.1) is 0 Å². The van der Waals surface area contributed by atoms with Crippen molar-refractivity contribution in [1.29, 1.82) is 0 Å². The van der Waals surface area contributed by atoms with Crippen LogP contribution in [-0.4, -0.2) is 51.3 Å². The second-order valence-corrected chi connectivity index (χ2v) is 8.85. The molecule has 3 rings (SSSR count). The molecule has 144 valence electrons. The Balaban J connectivity index is 1.61. The highest BCUT2D eigenvalue weighted by atomic mass is 35.5. The molecule has 0 N–H and O–H groups in total. The number of likely N-dealkylation sites (tertiary alicyclic amines) is 1. The van der Waals surface area contributed by atoms with E-state index < -0.39 is 15.1 Å². The van der Waals surface area contributed by atoms with E-state index in [1.807, 2.05) is 0 Å². The first-order valence-corrected chi connectivity index (χ1v) is 10.4. The SMILES string of the molecule is COc1ccccc1OCC(=O)N1CC[C@H](S(=O)(=O)c2ccc(Cl)cc2)C1. The zero-order valence-corrected chi connectivity index (χ0v) is 16.4. The maximum Gasteiger partial charge on any atom is 0.260 e. The first-order valence-electron chi connectivity index (χ1n) is 8.45. The molecule has 0 radical (unpaired) electrons. The lowest BCUT2D eigenvalue weighted by molar-refractivity contribution is -0.132. The smallest absolute Gasteiger partial charge is 0.260 e. The molecule has 2 aromatic rings. The highest BCUT2D eigenvalue weighted by Gasteiger charge is 2.36. The van der Waals surface area contributed by atoms with Crippen molar-refractivity contribution in [3.8, 4) is 11.5 Å². The van der Waals surface area contributed by atoms with E-state index in [4.69, 9.17) is 21.1 Å². The van der Waals surface area contributed by atoms with Crippen molar-refractivity contribution in [2.24, 2.45) is 0 Å². The number of carbonyl (C=O) groups is 1. The monoisotopic (exact) mass is 409 g/mol. The van der Waals surface area contributed by atoms with Crippen molar-refractivity contribution in [1.82, 2.24) is 4.90 Å². The summed E-state index contributed by atoms with van der Waals surface area (Å²) < 4.78 is 36.2. The standard InChI is InChI=1S/C19H20ClNO5S/c1-25-17-4-2-3-5-18(17)26-13-19(22)21-11-10-16(12-21)27(23,24)15-8-6-14(20)7-9-15/h2-9,16H,10-13H2,1H3/t16-/m0/s1. The maximum atomic E-state index is 12.7. The molecule has 1 fully saturated rings. The molecule has 1 heterocycles. The third-order valence-corrected chi connectivity index (χ3v) is 6.94. The van der Waals surface area contributed by atoms with Crippen LogP contribution in [0.15, 0.2) is 53.4 Å². The second kappa shape index (κ2) is 8.19. The van der Waals surface area contributed by atoms with Crippen molar-refractivity contribution >= 4 is 27.3 Å². The number of nitrogens with zero attached hydrogens (tertiary/aromatic N) is 1. The van der Waals surface area contributed by atoms with Crippen LogP contribution in [-0.2, 0) is 14.6 Å². The number of hydrogen-bond donors (Lipinski definition) is 0. The number of para-hydroxylation sites is 2. The maximum absolute atomic E-state index is 12.7. The topological polar surface area (TPSA) is 72.9 Å². The van der Waals surface area contributed by atoms with Gasteiger partial charge in [0, 0.05) is 18.1 Å². The number of ether oxygens (including phenoxy) is 2. The Morgan fingerprint density at radius 2 is 1.81 bits per heavy atom. The average Bonchev–Trinajstić information content (AvgIpc) is 3.18. The van der Waals surface area contributed by atoms with Crippen LogP contribution >= 0.6 is 11.6 Å². The predicted molar refractivity (Wildman–Crippen MR) is 102 cm³/mol. The largest absolute Gasteiger partial charge is 0.493 e. The molecule has 1 saturated heterocycles. The number of benzene rings is 2. The number of carbonyl (C=O) groups excluding carboxylic acids is 1. The molecule has 0 aliphatic carbocycles. The molecule has 0 aromatic heterocycles. The van der Waals surface area contributed by atoms with Gasteiger partial charge < -0.3 is 14.4 Å². The summed E-state index contributed by atoms with van der Waals surface area (Å²) in [4.78, 5) is 14.2. The van der Waals surface area contributed by atoms with Crippen LogP contribution in [0.2, 0.25) is 5.02 Å². The van der Waals surface area contributed by atoms with Gasteiger partial charge in [0.05, 0.1) is 17.3 Å². The minimum atomic E-state index is -3.51. The number of halogens is 1. The Morgan fingerprint density at radius 1 is 1.15 bits per heavy atom. The Morgan fingerprint density at radius 3 is 2.48 bits per heavy atom. The molecular weight excluding hydrogens is 390 g/mol. The van der Waals surface area contributed by atoms with Crippen molar-refractivity contribution in [2.75, 3.05) is 26.8 Å². The van der Waals surface area contributed by atoms with Crippen LogP contribution < -0.4 is 9.47 Å². The van der Waals surface area contributed by atoms with Gasteiger partial charge in [-0.1, -0.05) is 23.7 Å². The van der Waals surface area contributed by atoms with Crippen molar-refractivity contribution in [3.05, 3.63) is 53.6 Å². The van der Waals surface area contributed by atoms with Crippen LogP contribution in [0.5, 0.6) is 11.5 Å². The molecule has 6 nitrogen and oxygen atoms in total. The average molecular weight is 410 g/mol. The summed E-state index contributed by atoms with van der Waals surface area (Å²) in [5.41, 5.74) is 0. The van der Waals surface area contributed by atoms with E-state index in [1.165, 1.54) is 24.1 Å². The Hall–Kier alpha value is -2.25. The molecule has 1 amide bonds. The van der Waals surface area contributed by atoms with Gasteiger partial charge in [-0.3, -0.25) is 4.79 Å². The molecule has 0 bridgehead atoms. The highest BCUT2D eigenvalue weighted by molar-refractivity contribution is 7.92. The summed E-state index contributed by atoms with van der Waals surface area (Å²) in [7, 11) is -1.99. The first kappa shape index (κ1) is 19.5. The normalized spacial score (nSPS) is 17.0. The van der Waals surface area contributed by atoms with Crippen LogP contribution in [0.3, 0.4) is 0 Å². The second-order valence-electron chi connectivity index (χ2n) is 6.19. The zero-order chi connectivity index (χ0) is 19.4. The number of amides is 1. The van der Waals surface area contributed by atoms with Crippen LogP contribution in [0.1, 0.15) is 6.42 Å². The van der Waals surface area contributed by atoms with Gasteiger partial charge in [0.2, 0.25) is 0 Å². The fraction of sp³-hybridized carbons (Fsp3) is 0.316. The number of sulfone groups is 1. The fourth-order valence-corrected chi connectivity index (χ4v) is 4.81. The Labute approximate surface area is 163 Å². The molecule has 0 unspecified atom stereocenters. The first-order chi connectivity index (χ1) is 12.9. The summed E-state index contributed by atoms with van der Waals surface area (Å²) in [5, 5.41) is -0.153. The third-order valence-electron chi connectivity index (χ3n) is 4.50. The molecule has 0 saturated carbocycles. The van der Waals surface area contributed by atoms with E-state index in [0.29, 0.717) is 29.5 Å². The Kier molecular flexibility index (Phi) is 5.92. The lowest BCUT2D eigenvalue weighted by atomic mass is 10.3. The lowest BCUT2D eigenvalue weighted by Crippen LogP contribution is -2.35. The van der Waals surface area contributed by atoms with Gasteiger partial charge >= 0.3 is 0 Å². The highest BCUT2D eigenvalue weighted by Crippen LogP contribution is 2.27. The Bertz CT molecular complexity index is 914. The minimum absolute atomic E-state index is 0.152. The molecule has 27 heavy (non-hydrogen) atoms. The van der Waals surface area contributed by atoms with Gasteiger partial charge in [-0.15, -0.1) is 0 Å². The summed E-state index contributed by atoms with van der Waals surface area (Å²) in [6.45, 7) is 0.360. The quantitative estimate of drug-likeness (QED) is 0.733. The molecule has 0 spiro atoms. The van der Waals surface area contributed by atoms with Gasteiger partial charge in [-0.25, -0.2) is 8.42 Å². The van der Waals surface area contributed by atoms with Crippen molar-refractivity contribution in [3.63, 3.8) is 0 Å². The predicted octanol–water partition coefficient (Wildman–Crippen LogP) is 2.80. The molecule has 1 atom stereocenters. The van der Waals surface area contributed by atoms with Gasteiger partial charge in [-0.05, 0) is 42.8 Å². The van der Waals surface area contributed by atoms with E-state index in [1.54, 1.807) is 36.4 Å². The van der Waals surface area contributed by atoms with Crippen molar-refractivity contribution in [2.45, 2.75) is 16.6 Å². The fourth-order valence-electron chi connectivity index (χ4n) is 2.99. The number of rotatable bonds is 6. The number of hydrogen-bond acceptors (Lipinski definition) is 5. The van der Waals surface area contributed by atoms with E-state index >= 15 is 0 Å².